The van der Waals surface area contributed by atoms with Gasteiger partial charge in [-0.15, -0.1) is 0 Å². The topological polar surface area (TPSA) is 21.7 Å². The molecule has 1 heterocycles. The zero-order chi connectivity index (χ0) is 8.97. The van der Waals surface area contributed by atoms with Gasteiger partial charge in [-0.25, -0.2) is 0 Å². The van der Waals surface area contributed by atoms with Crippen molar-refractivity contribution >= 4 is 0 Å². The van der Waals surface area contributed by atoms with Gasteiger partial charge in [0.1, 0.15) is 0 Å². The summed E-state index contributed by atoms with van der Waals surface area (Å²) in [7, 11) is 3.89. The van der Waals surface area contributed by atoms with E-state index in [1.165, 1.54) is 0 Å². The van der Waals surface area contributed by atoms with Gasteiger partial charge in [0.2, 0.25) is 0 Å². The minimum absolute atomic E-state index is 0.263. The van der Waals surface area contributed by atoms with Crippen molar-refractivity contribution in [1.29, 1.82) is 0 Å². The molecule has 0 radical (unpaired) electrons. The molecule has 2 atom stereocenters. The van der Waals surface area contributed by atoms with Crippen LogP contribution in [0.1, 0.15) is 13.3 Å². The quantitative estimate of drug-likeness (QED) is 0.628. The molecule has 0 N–H and O–H groups in total. The highest BCUT2D eigenvalue weighted by Gasteiger charge is 2.27. The molecule has 72 valence electrons. The molecule has 0 saturated carbocycles. The fourth-order valence-corrected chi connectivity index (χ4v) is 1.69. The summed E-state index contributed by atoms with van der Waals surface area (Å²) in [6.07, 6.45) is 1.64. The van der Waals surface area contributed by atoms with E-state index in [2.05, 4.69) is 11.9 Å². The third-order valence-corrected chi connectivity index (χ3v) is 2.39. The minimum atomic E-state index is 0.263. The summed E-state index contributed by atoms with van der Waals surface area (Å²) >= 11 is 0. The number of likely N-dealkylation sites (tertiary alicyclic amines) is 1. The van der Waals surface area contributed by atoms with Crippen molar-refractivity contribution < 1.29 is 9.47 Å². The van der Waals surface area contributed by atoms with Gasteiger partial charge in [-0.1, -0.05) is 0 Å². The monoisotopic (exact) mass is 173 g/mol. The van der Waals surface area contributed by atoms with Crippen molar-refractivity contribution in [3.8, 4) is 0 Å². The summed E-state index contributed by atoms with van der Waals surface area (Å²) in [4.78, 5) is 2.29. The predicted molar refractivity (Wildman–Crippen MR) is 48.3 cm³/mol. The van der Waals surface area contributed by atoms with Gasteiger partial charge in [0.15, 0.2) is 0 Å². The Hall–Kier alpha value is -0.120. The van der Waals surface area contributed by atoms with Crippen molar-refractivity contribution in [2.45, 2.75) is 25.6 Å². The van der Waals surface area contributed by atoms with E-state index in [1.807, 2.05) is 6.92 Å². The van der Waals surface area contributed by atoms with Crippen LogP contribution >= 0.6 is 0 Å². The molecular weight excluding hydrogens is 154 g/mol. The summed E-state index contributed by atoms with van der Waals surface area (Å²) in [5.41, 5.74) is 0. The van der Waals surface area contributed by atoms with E-state index in [4.69, 9.17) is 9.47 Å². The molecule has 0 amide bonds. The third kappa shape index (κ3) is 2.44. The van der Waals surface area contributed by atoms with Crippen LogP contribution in [0, 0.1) is 0 Å². The van der Waals surface area contributed by atoms with Crippen LogP contribution in [-0.2, 0) is 9.47 Å². The molecule has 12 heavy (non-hydrogen) atoms. The number of ether oxygens (including phenoxy) is 2. The molecule has 0 aromatic carbocycles. The predicted octanol–water partition coefficient (Wildman–Crippen LogP) is 0.742. The van der Waals surface area contributed by atoms with Crippen LogP contribution in [0.15, 0.2) is 0 Å². The van der Waals surface area contributed by atoms with E-state index < -0.39 is 0 Å². The van der Waals surface area contributed by atoms with Gasteiger partial charge in [0.05, 0.1) is 12.2 Å². The molecule has 1 aliphatic heterocycles. The Labute approximate surface area is 74.6 Å². The van der Waals surface area contributed by atoms with Crippen molar-refractivity contribution in [3.05, 3.63) is 0 Å². The average molecular weight is 173 g/mol. The van der Waals surface area contributed by atoms with Gasteiger partial charge < -0.3 is 14.4 Å². The van der Waals surface area contributed by atoms with E-state index in [-0.39, 0.29) is 6.10 Å². The van der Waals surface area contributed by atoms with Gasteiger partial charge in [0, 0.05) is 26.8 Å². The van der Waals surface area contributed by atoms with Crippen molar-refractivity contribution in [2.24, 2.45) is 0 Å². The van der Waals surface area contributed by atoms with Crippen LogP contribution in [0.4, 0.5) is 0 Å². The Morgan fingerprint density at radius 3 is 2.75 bits per heavy atom. The van der Waals surface area contributed by atoms with Crippen LogP contribution in [0.5, 0.6) is 0 Å². The number of hydrogen-bond donors (Lipinski definition) is 0. The molecule has 1 rings (SSSR count). The molecule has 2 unspecified atom stereocenters. The number of likely N-dealkylation sites (N-methyl/N-ethyl adjacent to an activating group) is 1. The maximum atomic E-state index is 5.59. The van der Waals surface area contributed by atoms with Crippen molar-refractivity contribution in [3.63, 3.8) is 0 Å². The lowest BCUT2D eigenvalue weighted by Gasteiger charge is -2.35. The summed E-state index contributed by atoms with van der Waals surface area (Å²) in [5, 5.41) is 0. The van der Waals surface area contributed by atoms with Gasteiger partial charge in [-0.2, -0.15) is 0 Å². The largest absolute Gasteiger partial charge is 0.379 e. The molecule has 0 spiro atoms. The van der Waals surface area contributed by atoms with Crippen LogP contribution in [0.3, 0.4) is 0 Å². The second-order valence-electron chi connectivity index (χ2n) is 3.32. The molecular formula is C9H19NO2. The summed E-state index contributed by atoms with van der Waals surface area (Å²) in [6.45, 7) is 4.91. The minimum Gasteiger partial charge on any atom is -0.379 e. The lowest BCUT2D eigenvalue weighted by atomic mass is 10.1. The van der Waals surface area contributed by atoms with Crippen LogP contribution < -0.4 is 0 Å². The molecule has 0 aromatic heterocycles. The Balaban J connectivity index is 2.40. The maximum Gasteiger partial charge on any atom is 0.0963 e. The van der Waals surface area contributed by atoms with E-state index in [0.717, 1.165) is 26.1 Å². The summed E-state index contributed by atoms with van der Waals surface area (Å²) < 4.78 is 10.9. The third-order valence-electron chi connectivity index (χ3n) is 2.39. The second-order valence-corrected chi connectivity index (χ2v) is 3.32. The van der Waals surface area contributed by atoms with Gasteiger partial charge in [-0.05, 0) is 20.4 Å². The second kappa shape index (κ2) is 4.80. The highest BCUT2D eigenvalue weighted by atomic mass is 16.5. The Kier molecular flexibility index (Phi) is 3.98. The average Bonchev–Trinajstić information content (AvgIpc) is 2.05. The van der Waals surface area contributed by atoms with Crippen LogP contribution in [0.2, 0.25) is 0 Å². The van der Waals surface area contributed by atoms with E-state index in [9.17, 15) is 0 Å². The SMILES string of the molecule is CCOC1CN(C)CCC1OC. The number of nitrogens with zero attached hydrogens (tertiary/aromatic N) is 1. The van der Waals surface area contributed by atoms with E-state index in [0.29, 0.717) is 6.10 Å². The highest BCUT2D eigenvalue weighted by molar-refractivity contribution is 4.80. The number of hydrogen-bond acceptors (Lipinski definition) is 3. The van der Waals surface area contributed by atoms with Crippen LogP contribution in [0.25, 0.3) is 0 Å². The zero-order valence-corrected chi connectivity index (χ0v) is 8.25. The summed E-state index contributed by atoms with van der Waals surface area (Å²) in [6, 6.07) is 0. The van der Waals surface area contributed by atoms with Gasteiger partial charge in [0.25, 0.3) is 0 Å². The molecule has 0 aliphatic carbocycles. The van der Waals surface area contributed by atoms with Gasteiger partial charge in [-0.3, -0.25) is 0 Å². The van der Waals surface area contributed by atoms with Crippen LogP contribution in [-0.4, -0.2) is 51.0 Å². The molecule has 1 fully saturated rings. The first-order chi connectivity index (χ1) is 5.77. The van der Waals surface area contributed by atoms with Crippen molar-refractivity contribution in [1.82, 2.24) is 4.90 Å². The first-order valence-electron chi connectivity index (χ1n) is 4.60. The number of rotatable bonds is 3. The standard InChI is InChI=1S/C9H19NO2/c1-4-12-9-7-10(2)6-5-8(9)11-3/h8-9H,4-7H2,1-3H3. The fraction of sp³-hybridized carbons (Fsp3) is 1.00. The molecule has 1 aliphatic rings. The Morgan fingerprint density at radius 1 is 1.42 bits per heavy atom. The Morgan fingerprint density at radius 2 is 2.17 bits per heavy atom. The lowest BCUT2D eigenvalue weighted by molar-refractivity contribution is -0.0878. The summed E-state index contributed by atoms with van der Waals surface area (Å²) in [5.74, 6) is 0. The molecule has 3 nitrogen and oxygen atoms in total. The van der Waals surface area contributed by atoms with Crippen molar-refractivity contribution in [2.75, 3.05) is 33.9 Å². The molecule has 1 saturated heterocycles. The fourth-order valence-electron chi connectivity index (χ4n) is 1.69. The maximum absolute atomic E-state index is 5.59. The first kappa shape index (κ1) is 9.96. The lowest BCUT2D eigenvalue weighted by Crippen LogP contribution is -2.47. The van der Waals surface area contributed by atoms with Gasteiger partial charge >= 0.3 is 0 Å². The Bertz CT molecular complexity index is 130. The number of piperidine rings is 1. The molecule has 0 aromatic rings. The van der Waals surface area contributed by atoms with E-state index >= 15 is 0 Å². The first-order valence-corrected chi connectivity index (χ1v) is 4.60. The normalized spacial score (nSPS) is 32.2. The van der Waals surface area contributed by atoms with E-state index in [1.54, 1.807) is 7.11 Å². The number of methoxy groups -OCH3 is 1. The smallest absolute Gasteiger partial charge is 0.0963 e. The molecule has 3 heteroatoms. The zero-order valence-electron chi connectivity index (χ0n) is 8.25. The molecule has 0 bridgehead atoms. The highest BCUT2D eigenvalue weighted by Crippen LogP contribution is 2.15.